The minimum absolute atomic E-state index is 0.226. The predicted octanol–water partition coefficient (Wildman–Crippen LogP) is -0.367. The van der Waals surface area contributed by atoms with Gasteiger partial charge in [0.05, 0.1) is 0 Å². The average Bonchev–Trinajstić information content (AvgIpc) is 2.37. The van der Waals surface area contributed by atoms with Gasteiger partial charge in [-0.2, -0.15) is 0 Å². The van der Waals surface area contributed by atoms with E-state index in [0.717, 1.165) is 19.4 Å². The van der Waals surface area contributed by atoms with Crippen molar-refractivity contribution in [1.82, 2.24) is 14.8 Å². The molecule has 0 saturated carbocycles. The third-order valence-corrected chi connectivity index (χ3v) is 1.35. The zero-order valence-electron chi connectivity index (χ0n) is 6.27. The molecule has 0 fully saturated rings. The molecule has 0 unspecified atom stereocenters. The fourth-order valence-corrected chi connectivity index (χ4v) is 0.802. The first-order valence-electron chi connectivity index (χ1n) is 3.58. The lowest BCUT2D eigenvalue weighted by Gasteiger charge is -1.96. The highest BCUT2D eigenvalue weighted by atomic mass is 16.2. The molecule has 0 aromatic carbocycles. The van der Waals surface area contributed by atoms with Crippen LogP contribution in [0.25, 0.3) is 0 Å². The summed E-state index contributed by atoms with van der Waals surface area (Å²) in [6.45, 7) is 0.995. The van der Waals surface area contributed by atoms with Gasteiger partial charge in [-0.05, 0) is 12.8 Å². The molecule has 0 aliphatic rings. The van der Waals surface area contributed by atoms with E-state index in [1.165, 1.54) is 0 Å². The molecule has 1 rings (SSSR count). The highest BCUT2D eigenvalue weighted by Gasteiger charge is 1.93. The number of unbranched alkanes of at least 4 members (excludes halogenated alkanes) is 1. The van der Waals surface area contributed by atoms with Gasteiger partial charge in [-0.15, -0.1) is 5.10 Å². The Bertz CT molecular complexity index is 210. The molecule has 0 bridgehead atoms. The Hall–Kier alpha value is -1.10. The fourth-order valence-electron chi connectivity index (χ4n) is 0.802. The van der Waals surface area contributed by atoms with Crippen LogP contribution >= 0.6 is 0 Å². The molecule has 62 valence electrons. The molecule has 0 aliphatic carbocycles. The largest absolute Gasteiger partial charge is 0.396 e. The number of hydrogen-bond donors (Lipinski definition) is 2. The number of aromatic nitrogens is 3. The standard InChI is InChI=1S/C6H12N4O/c7-6-8-5-10(9-6)3-1-2-4-11/h5,11H,1-4H2,(H2,7,9). The second-order valence-corrected chi connectivity index (χ2v) is 2.30. The van der Waals surface area contributed by atoms with Gasteiger partial charge in [0.15, 0.2) is 0 Å². The predicted molar refractivity (Wildman–Crippen MR) is 40.8 cm³/mol. The van der Waals surface area contributed by atoms with E-state index in [4.69, 9.17) is 10.8 Å². The van der Waals surface area contributed by atoms with E-state index in [1.54, 1.807) is 11.0 Å². The molecule has 0 spiro atoms. The molecule has 5 nitrogen and oxygen atoms in total. The van der Waals surface area contributed by atoms with Crippen LogP contribution < -0.4 is 5.73 Å². The number of aliphatic hydroxyl groups is 1. The Labute approximate surface area is 64.9 Å². The first-order chi connectivity index (χ1) is 5.33. The number of nitrogens with two attached hydrogens (primary N) is 1. The van der Waals surface area contributed by atoms with E-state index >= 15 is 0 Å². The summed E-state index contributed by atoms with van der Waals surface area (Å²) < 4.78 is 1.67. The Balaban J connectivity index is 2.27. The summed E-state index contributed by atoms with van der Waals surface area (Å²) in [6.07, 6.45) is 3.28. The number of nitrogen functional groups attached to an aromatic ring is 1. The van der Waals surface area contributed by atoms with Crippen molar-refractivity contribution in [3.05, 3.63) is 6.33 Å². The van der Waals surface area contributed by atoms with Crippen molar-refractivity contribution < 1.29 is 5.11 Å². The second kappa shape index (κ2) is 3.92. The quantitative estimate of drug-likeness (QED) is 0.583. The third kappa shape index (κ3) is 2.55. The van der Waals surface area contributed by atoms with Gasteiger partial charge in [0.25, 0.3) is 0 Å². The number of aryl methyl sites for hydroxylation is 1. The maximum atomic E-state index is 8.48. The summed E-state index contributed by atoms with van der Waals surface area (Å²) in [5.74, 6) is 0.300. The van der Waals surface area contributed by atoms with Crippen molar-refractivity contribution >= 4 is 5.95 Å². The van der Waals surface area contributed by atoms with Crippen LogP contribution in [0.2, 0.25) is 0 Å². The van der Waals surface area contributed by atoms with Crippen molar-refractivity contribution in [1.29, 1.82) is 0 Å². The molecular formula is C6H12N4O. The minimum Gasteiger partial charge on any atom is -0.396 e. The van der Waals surface area contributed by atoms with Gasteiger partial charge in [-0.1, -0.05) is 0 Å². The number of hydrogen-bond acceptors (Lipinski definition) is 4. The van der Waals surface area contributed by atoms with Gasteiger partial charge in [-0.3, -0.25) is 4.68 Å². The molecule has 0 radical (unpaired) electrons. The van der Waals surface area contributed by atoms with Gasteiger partial charge < -0.3 is 10.8 Å². The molecule has 1 aromatic rings. The van der Waals surface area contributed by atoms with Gasteiger partial charge in [-0.25, -0.2) is 4.98 Å². The molecule has 0 aliphatic heterocycles. The number of rotatable bonds is 4. The van der Waals surface area contributed by atoms with Crippen LogP contribution in [0.1, 0.15) is 12.8 Å². The summed E-state index contributed by atoms with van der Waals surface area (Å²) in [7, 11) is 0. The maximum Gasteiger partial charge on any atom is 0.239 e. The second-order valence-electron chi connectivity index (χ2n) is 2.30. The smallest absolute Gasteiger partial charge is 0.239 e. The van der Waals surface area contributed by atoms with Gasteiger partial charge in [0.1, 0.15) is 6.33 Å². The first-order valence-corrected chi connectivity index (χ1v) is 3.58. The number of aliphatic hydroxyl groups excluding tert-OH is 1. The van der Waals surface area contributed by atoms with Crippen LogP contribution in [0.15, 0.2) is 6.33 Å². The van der Waals surface area contributed by atoms with Crippen LogP contribution in [-0.2, 0) is 6.54 Å². The molecule has 1 heterocycles. The molecule has 11 heavy (non-hydrogen) atoms. The van der Waals surface area contributed by atoms with Crippen molar-refractivity contribution in [3.8, 4) is 0 Å². The lowest BCUT2D eigenvalue weighted by molar-refractivity contribution is 0.280. The van der Waals surface area contributed by atoms with Crippen LogP contribution in [-0.4, -0.2) is 26.5 Å². The van der Waals surface area contributed by atoms with Crippen LogP contribution in [0.5, 0.6) is 0 Å². The topological polar surface area (TPSA) is 77.0 Å². The van der Waals surface area contributed by atoms with E-state index in [9.17, 15) is 0 Å². The van der Waals surface area contributed by atoms with E-state index in [2.05, 4.69) is 10.1 Å². The monoisotopic (exact) mass is 156 g/mol. The Kier molecular flexibility index (Phi) is 2.85. The fraction of sp³-hybridized carbons (Fsp3) is 0.667. The zero-order valence-corrected chi connectivity index (χ0v) is 6.27. The van der Waals surface area contributed by atoms with Gasteiger partial charge >= 0.3 is 0 Å². The van der Waals surface area contributed by atoms with E-state index in [-0.39, 0.29) is 6.61 Å². The highest BCUT2D eigenvalue weighted by molar-refractivity contribution is 5.08. The number of anilines is 1. The van der Waals surface area contributed by atoms with E-state index in [1.807, 2.05) is 0 Å². The minimum atomic E-state index is 0.226. The van der Waals surface area contributed by atoms with Crippen molar-refractivity contribution in [2.75, 3.05) is 12.3 Å². The molecule has 1 aromatic heterocycles. The van der Waals surface area contributed by atoms with Crippen LogP contribution in [0.4, 0.5) is 5.95 Å². The van der Waals surface area contributed by atoms with Gasteiger partial charge in [0.2, 0.25) is 5.95 Å². The zero-order chi connectivity index (χ0) is 8.10. The van der Waals surface area contributed by atoms with Crippen molar-refractivity contribution in [2.45, 2.75) is 19.4 Å². The van der Waals surface area contributed by atoms with E-state index < -0.39 is 0 Å². The van der Waals surface area contributed by atoms with Crippen LogP contribution in [0, 0.1) is 0 Å². The summed E-state index contributed by atoms with van der Waals surface area (Å²) >= 11 is 0. The lowest BCUT2D eigenvalue weighted by atomic mass is 10.3. The molecular weight excluding hydrogens is 144 g/mol. The third-order valence-electron chi connectivity index (χ3n) is 1.35. The Morgan fingerprint density at radius 2 is 2.36 bits per heavy atom. The summed E-state index contributed by atoms with van der Waals surface area (Å²) in [6, 6.07) is 0. The summed E-state index contributed by atoms with van der Waals surface area (Å²) in [4.78, 5) is 3.76. The average molecular weight is 156 g/mol. The normalized spacial score (nSPS) is 10.3. The molecule has 0 amide bonds. The summed E-state index contributed by atoms with van der Waals surface area (Å²) in [5.41, 5.74) is 5.29. The number of nitrogens with zero attached hydrogens (tertiary/aromatic N) is 3. The lowest BCUT2D eigenvalue weighted by Crippen LogP contribution is -2.00. The first kappa shape index (κ1) is 8.00. The van der Waals surface area contributed by atoms with E-state index in [0.29, 0.717) is 5.95 Å². The van der Waals surface area contributed by atoms with Crippen molar-refractivity contribution in [3.63, 3.8) is 0 Å². The Morgan fingerprint density at radius 1 is 1.55 bits per heavy atom. The molecule has 5 heteroatoms. The van der Waals surface area contributed by atoms with Crippen molar-refractivity contribution in [2.24, 2.45) is 0 Å². The molecule has 0 atom stereocenters. The van der Waals surface area contributed by atoms with Gasteiger partial charge in [0, 0.05) is 13.2 Å². The highest BCUT2D eigenvalue weighted by Crippen LogP contribution is 1.94. The molecule has 0 saturated heterocycles. The SMILES string of the molecule is Nc1ncn(CCCCO)n1. The maximum absolute atomic E-state index is 8.48. The Morgan fingerprint density at radius 3 is 2.91 bits per heavy atom. The molecule has 3 N–H and O–H groups in total. The summed E-state index contributed by atoms with van der Waals surface area (Å²) in [5, 5.41) is 12.4. The van der Waals surface area contributed by atoms with Crippen LogP contribution in [0.3, 0.4) is 0 Å².